The number of pyridine rings is 1. The van der Waals surface area contributed by atoms with Crippen LogP contribution < -0.4 is 11.3 Å². The molecule has 1 aromatic heterocycles. The number of aryl methyl sites for hydroxylation is 1. The van der Waals surface area contributed by atoms with Gasteiger partial charge >= 0.3 is 0 Å². The summed E-state index contributed by atoms with van der Waals surface area (Å²) < 4.78 is 0. The van der Waals surface area contributed by atoms with Gasteiger partial charge in [0.25, 0.3) is 5.91 Å². The Morgan fingerprint density at radius 2 is 2.25 bits per heavy atom. The summed E-state index contributed by atoms with van der Waals surface area (Å²) in [7, 11) is 0. The number of anilines is 1. The van der Waals surface area contributed by atoms with Crippen LogP contribution in [-0.4, -0.2) is 28.4 Å². The number of hydrogen-bond donors (Lipinski definition) is 2. The number of carbonyl (C=O) groups excluding carboxylic acids is 1. The Bertz CT molecular complexity index is 475. The number of amides is 1. The molecule has 2 heterocycles. The average molecular weight is 276 g/mol. The molecule has 5 heteroatoms. The summed E-state index contributed by atoms with van der Waals surface area (Å²) >= 11 is 0. The molecule has 1 atom stereocenters. The molecule has 3 N–H and O–H groups in total. The molecule has 0 aliphatic carbocycles. The van der Waals surface area contributed by atoms with Crippen molar-refractivity contribution in [2.75, 3.05) is 12.0 Å². The number of carbonyl (C=O) groups is 1. The van der Waals surface area contributed by atoms with E-state index in [1.165, 1.54) is 12.8 Å². The lowest BCUT2D eigenvalue weighted by Crippen LogP contribution is -2.39. The molecule has 20 heavy (non-hydrogen) atoms. The van der Waals surface area contributed by atoms with E-state index in [1.54, 1.807) is 6.07 Å². The van der Waals surface area contributed by atoms with E-state index in [1.807, 2.05) is 17.9 Å². The van der Waals surface area contributed by atoms with Crippen molar-refractivity contribution < 1.29 is 4.79 Å². The third-order valence-corrected chi connectivity index (χ3v) is 3.96. The largest absolute Gasteiger partial charge is 0.336 e. The summed E-state index contributed by atoms with van der Waals surface area (Å²) in [6.45, 7) is 4.88. The maximum absolute atomic E-state index is 12.8. The van der Waals surface area contributed by atoms with Gasteiger partial charge in [-0.05, 0) is 38.3 Å². The number of aromatic nitrogens is 1. The van der Waals surface area contributed by atoms with Crippen LogP contribution in [0.5, 0.6) is 0 Å². The molecule has 0 spiro atoms. The Kier molecular flexibility index (Phi) is 4.95. The third-order valence-electron chi connectivity index (χ3n) is 3.96. The summed E-state index contributed by atoms with van der Waals surface area (Å²) in [6.07, 6.45) is 5.64. The van der Waals surface area contributed by atoms with Crippen molar-refractivity contribution in [1.29, 1.82) is 0 Å². The first-order valence-electron chi connectivity index (χ1n) is 7.42. The van der Waals surface area contributed by atoms with Gasteiger partial charge in [-0.3, -0.25) is 4.79 Å². The molecule has 1 fully saturated rings. The Morgan fingerprint density at radius 1 is 1.45 bits per heavy atom. The van der Waals surface area contributed by atoms with Gasteiger partial charge in [-0.2, -0.15) is 0 Å². The van der Waals surface area contributed by atoms with Gasteiger partial charge in [0.1, 0.15) is 5.82 Å². The number of hydrogen-bond acceptors (Lipinski definition) is 4. The van der Waals surface area contributed by atoms with Crippen molar-refractivity contribution in [3.05, 3.63) is 23.4 Å². The molecule has 0 bridgehead atoms. The second-order valence-electron chi connectivity index (χ2n) is 5.44. The SMILES string of the molecule is CCC1CCCCCN1C(=O)c1cc(C)nc(NN)c1. The van der Waals surface area contributed by atoms with Crippen LogP contribution in [0.1, 0.15) is 55.1 Å². The van der Waals surface area contributed by atoms with E-state index in [0.717, 1.165) is 31.5 Å². The van der Waals surface area contributed by atoms with Crippen LogP contribution in [0, 0.1) is 6.92 Å². The van der Waals surface area contributed by atoms with Crippen molar-refractivity contribution >= 4 is 11.7 Å². The van der Waals surface area contributed by atoms with Gasteiger partial charge in [0, 0.05) is 23.8 Å². The fraction of sp³-hybridized carbons (Fsp3) is 0.600. The zero-order valence-electron chi connectivity index (χ0n) is 12.4. The molecular weight excluding hydrogens is 252 g/mol. The van der Waals surface area contributed by atoms with Gasteiger partial charge in [-0.1, -0.05) is 19.8 Å². The Hall–Kier alpha value is -1.62. The summed E-state index contributed by atoms with van der Waals surface area (Å²) in [4.78, 5) is 19.0. The van der Waals surface area contributed by atoms with Gasteiger partial charge in [0.15, 0.2) is 0 Å². The Balaban J connectivity index is 2.26. The highest BCUT2D eigenvalue weighted by molar-refractivity contribution is 5.95. The standard InChI is InChI=1S/C15H24N4O/c1-3-13-7-5-4-6-8-19(13)15(20)12-9-11(2)17-14(10-12)18-16/h9-10,13H,3-8,16H2,1-2H3,(H,17,18). The molecule has 5 nitrogen and oxygen atoms in total. The first kappa shape index (κ1) is 14.8. The quantitative estimate of drug-likeness (QED) is 0.657. The number of hydrazine groups is 1. The van der Waals surface area contributed by atoms with Crippen molar-refractivity contribution in [2.45, 2.75) is 52.0 Å². The average Bonchev–Trinajstić information content (AvgIpc) is 2.70. The van der Waals surface area contributed by atoms with Crippen LogP contribution in [0.2, 0.25) is 0 Å². The van der Waals surface area contributed by atoms with Gasteiger partial charge in [-0.15, -0.1) is 0 Å². The second kappa shape index (κ2) is 6.70. The molecule has 110 valence electrons. The molecule has 0 radical (unpaired) electrons. The topological polar surface area (TPSA) is 71.2 Å². The summed E-state index contributed by atoms with van der Waals surface area (Å²) in [5.74, 6) is 6.04. The van der Waals surface area contributed by atoms with E-state index in [9.17, 15) is 4.79 Å². The minimum absolute atomic E-state index is 0.0979. The Labute approximate surface area is 120 Å². The molecule has 1 amide bonds. The van der Waals surface area contributed by atoms with E-state index in [4.69, 9.17) is 5.84 Å². The summed E-state index contributed by atoms with van der Waals surface area (Å²) in [5.41, 5.74) is 3.99. The summed E-state index contributed by atoms with van der Waals surface area (Å²) in [6, 6.07) is 3.92. The number of likely N-dealkylation sites (tertiary alicyclic amines) is 1. The van der Waals surface area contributed by atoms with E-state index >= 15 is 0 Å². The lowest BCUT2D eigenvalue weighted by molar-refractivity contribution is 0.0678. The number of nitrogens with one attached hydrogen (secondary N) is 1. The van der Waals surface area contributed by atoms with Gasteiger partial charge in [0.2, 0.25) is 0 Å². The molecular formula is C15H24N4O. The first-order chi connectivity index (χ1) is 9.65. The minimum atomic E-state index is 0.0979. The maximum atomic E-state index is 12.8. The zero-order valence-corrected chi connectivity index (χ0v) is 12.4. The highest BCUT2D eigenvalue weighted by Crippen LogP contribution is 2.22. The van der Waals surface area contributed by atoms with Gasteiger partial charge < -0.3 is 10.3 Å². The van der Waals surface area contributed by atoms with Crippen LogP contribution in [0.4, 0.5) is 5.82 Å². The van der Waals surface area contributed by atoms with Crippen LogP contribution in [0.25, 0.3) is 0 Å². The number of nitrogen functional groups attached to an aromatic ring is 1. The molecule has 1 aliphatic rings. The van der Waals surface area contributed by atoms with E-state index in [0.29, 0.717) is 17.4 Å². The molecule has 1 aliphatic heterocycles. The number of nitrogens with two attached hydrogens (primary N) is 1. The predicted octanol–water partition coefficient (Wildman–Crippen LogP) is 2.47. The molecule has 0 saturated carbocycles. The zero-order chi connectivity index (χ0) is 14.5. The van der Waals surface area contributed by atoms with Crippen molar-refractivity contribution in [2.24, 2.45) is 5.84 Å². The number of nitrogens with zero attached hydrogens (tertiary/aromatic N) is 2. The second-order valence-corrected chi connectivity index (χ2v) is 5.44. The fourth-order valence-corrected chi connectivity index (χ4v) is 2.90. The molecule has 0 aromatic carbocycles. The molecule has 1 unspecified atom stereocenters. The monoisotopic (exact) mass is 276 g/mol. The van der Waals surface area contributed by atoms with Crippen LogP contribution >= 0.6 is 0 Å². The van der Waals surface area contributed by atoms with E-state index in [-0.39, 0.29) is 5.91 Å². The highest BCUT2D eigenvalue weighted by atomic mass is 16.2. The van der Waals surface area contributed by atoms with Crippen molar-refractivity contribution in [1.82, 2.24) is 9.88 Å². The van der Waals surface area contributed by atoms with E-state index < -0.39 is 0 Å². The molecule has 2 rings (SSSR count). The number of rotatable bonds is 3. The van der Waals surface area contributed by atoms with E-state index in [2.05, 4.69) is 17.3 Å². The molecule has 1 aromatic rings. The highest BCUT2D eigenvalue weighted by Gasteiger charge is 2.25. The van der Waals surface area contributed by atoms with Crippen molar-refractivity contribution in [3.8, 4) is 0 Å². The van der Waals surface area contributed by atoms with Crippen LogP contribution in [0.3, 0.4) is 0 Å². The lowest BCUT2D eigenvalue weighted by Gasteiger charge is -2.29. The van der Waals surface area contributed by atoms with Gasteiger partial charge in [-0.25, -0.2) is 10.8 Å². The predicted molar refractivity (Wildman–Crippen MR) is 80.4 cm³/mol. The lowest BCUT2D eigenvalue weighted by atomic mass is 10.1. The third kappa shape index (κ3) is 3.28. The van der Waals surface area contributed by atoms with Crippen LogP contribution in [0.15, 0.2) is 12.1 Å². The van der Waals surface area contributed by atoms with Crippen molar-refractivity contribution in [3.63, 3.8) is 0 Å². The van der Waals surface area contributed by atoms with Crippen LogP contribution in [-0.2, 0) is 0 Å². The fourth-order valence-electron chi connectivity index (χ4n) is 2.90. The smallest absolute Gasteiger partial charge is 0.254 e. The van der Waals surface area contributed by atoms with Gasteiger partial charge in [0.05, 0.1) is 0 Å². The minimum Gasteiger partial charge on any atom is -0.336 e. The normalized spacial score (nSPS) is 19.6. The maximum Gasteiger partial charge on any atom is 0.254 e. The Morgan fingerprint density at radius 3 is 2.95 bits per heavy atom. The first-order valence-corrected chi connectivity index (χ1v) is 7.42. The molecule has 1 saturated heterocycles. The summed E-state index contributed by atoms with van der Waals surface area (Å²) in [5, 5.41) is 0.